The van der Waals surface area contributed by atoms with Gasteiger partial charge in [-0.15, -0.1) is 11.3 Å². The monoisotopic (exact) mass is 468 g/mol. The maximum Gasteiger partial charge on any atom is 0.410 e. The lowest BCUT2D eigenvalue weighted by atomic mass is 9.93. The number of thiophene rings is 1. The van der Waals surface area contributed by atoms with Crippen LogP contribution in [0.2, 0.25) is 0 Å². The molecule has 0 spiro atoms. The molecule has 9 heteroatoms. The van der Waals surface area contributed by atoms with E-state index in [1.807, 2.05) is 51.1 Å². The molecule has 33 heavy (non-hydrogen) atoms. The molecular weight excluding hydrogens is 440 g/mol. The van der Waals surface area contributed by atoms with Gasteiger partial charge in [0.15, 0.2) is 0 Å². The Labute approximate surface area is 196 Å². The predicted octanol–water partition coefficient (Wildman–Crippen LogP) is 4.38. The number of nitrogen functional groups attached to an aromatic ring is 1. The highest BCUT2D eigenvalue weighted by Crippen LogP contribution is 2.43. The lowest BCUT2D eigenvalue weighted by molar-refractivity contribution is 0.0292. The molecule has 3 heterocycles. The van der Waals surface area contributed by atoms with Gasteiger partial charge < -0.3 is 25.8 Å². The van der Waals surface area contributed by atoms with E-state index < -0.39 is 11.5 Å². The second-order valence-electron chi connectivity index (χ2n) is 9.10. The summed E-state index contributed by atoms with van der Waals surface area (Å²) in [5, 5.41) is 0.725. The SMILES string of the molecule is COc1ccccc1-c1cc(C2CCN(C(=O)OC(C)(C)C)C2)c2c(N)c(C(N)=O)sc2n1. The highest BCUT2D eigenvalue weighted by atomic mass is 32.1. The first-order chi connectivity index (χ1) is 15.6. The molecule has 1 aliphatic rings. The average Bonchev–Trinajstić information content (AvgIpc) is 3.37. The average molecular weight is 469 g/mol. The molecule has 8 nitrogen and oxygen atoms in total. The number of carbonyl (C=O) groups excluding carboxylic acids is 2. The van der Waals surface area contributed by atoms with Crippen molar-refractivity contribution in [1.82, 2.24) is 9.88 Å². The molecule has 0 saturated carbocycles. The Bertz CT molecular complexity index is 1230. The number of para-hydroxylation sites is 1. The lowest BCUT2D eigenvalue weighted by Crippen LogP contribution is -2.35. The van der Waals surface area contributed by atoms with Gasteiger partial charge in [0.05, 0.1) is 18.5 Å². The molecule has 2 amide bonds. The van der Waals surface area contributed by atoms with Crippen molar-refractivity contribution in [3.8, 4) is 17.0 Å². The van der Waals surface area contributed by atoms with Crippen LogP contribution in [0, 0.1) is 0 Å². The number of hydrogen-bond acceptors (Lipinski definition) is 7. The third kappa shape index (κ3) is 4.45. The Kier molecular flexibility index (Phi) is 5.92. The molecule has 1 saturated heterocycles. The maximum absolute atomic E-state index is 12.6. The van der Waals surface area contributed by atoms with E-state index in [0.717, 1.165) is 22.9 Å². The van der Waals surface area contributed by atoms with Crippen LogP contribution in [0.15, 0.2) is 30.3 Å². The van der Waals surface area contributed by atoms with Crippen LogP contribution in [-0.2, 0) is 4.74 Å². The number of fused-ring (bicyclic) bond motifs is 1. The molecule has 4 N–H and O–H groups in total. The summed E-state index contributed by atoms with van der Waals surface area (Å²) in [4.78, 5) is 32.0. The first kappa shape index (κ1) is 22.8. The minimum absolute atomic E-state index is 0.00843. The predicted molar refractivity (Wildman–Crippen MR) is 130 cm³/mol. The summed E-state index contributed by atoms with van der Waals surface area (Å²) >= 11 is 1.19. The molecular formula is C24H28N4O4S. The third-order valence-electron chi connectivity index (χ3n) is 5.62. The molecule has 0 aliphatic carbocycles. The second kappa shape index (κ2) is 8.55. The number of nitrogens with zero attached hydrogens (tertiary/aromatic N) is 2. The van der Waals surface area contributed by atoms with E-state index >= 15 is 0 Å². The molecule has 3 aromatic rings. The maximum atomic E-state index is 12.6. The van der Waals surface area contributed by atoms with E-state index in [1.54, 1.807) is 12.0 Å². The lowest BCUT2D eigenvalue weighted by Gasteiger charge is -2.24. The smallest absolute Gasteiger partial charge is 0.410 e. The van der Waals surface area contributed by atoms with Crippen molar-refractivity contribution in [3.05, 3.63) is 40.8 Å². The zero-order valence-electron chi connectivity index (χ0n) is 19.2. The Morgan fingerprint density at radius 3 is 2.64 bits per heavy atom. The molecule has 0 radical (unpaired) electrons. The fourth-order valence-electron chi connectivity index (χ4n) is 4.16. The standard InChI is InChI=1S/C24H28N4O4S/c1-24(2,3)32-23(30)28-10-9-13(12-28)15-11-16(14-7-5-6-8-17(14)31-4)27-22-18(15)19(25)20(33-22)21(26)29/h5-8,11,13H,9-10,12,25H2,1-4H3,(H2,26,29). The Morgan fingerprint density at radius 1 is 1.24 bits per heavy atom. The number of primary amides is 1. The number of ether oxygens (including phenoxy) is 2. The Hall–Kier alpha value is -3.33. The zero-order valence-corrected chi connectivity index (χ0v) is 20.0. The minimum Gasteiger partial charge on any atom is -0.496 e. The van der Waals surface area contributed by atoms with Gasteiger partial charge in [-0.3, -0.25) is 4.79 Å². The molecule has 1 unspecified atom stereocenters. The van der Waals surface area contributed by atoms with Gasteiger partial charge >= 0.3 is 6.09 Å². The minimum atomic E-state index is -0.581. The second-order valence-corrected chi connectivity index (χ2v) is 10.1. The Morgan fingerprint density at radius 2 is 1.97 bits per heavy atom. The van der Waals surface area contributed by atoms with Crippen LogP contribution in [0.25, 0.3) is 21.5 Å². The zero-order chi connectivity index (χ0) is 23.9. The summed E-state index contributed by atoms with van der Waals surface area (Å²) < 4.78 is 11.1. The van der Waals surface area contributed by atoms with Gasteiger partial charge in [0.1, 0.15) is 21.1 Å². The highest BCUT2D eigenvalue weighted by Gasteiger charge is 2.33. The third-order valence-corrected chi connectivity index (χ3v) is 6.73. The number of methoxy groups -OCH3 is 1. The molecule has 174 valence electrons. The van der Waals surface area contributed by atoms with Gasteiger partial charge in [-0.25, -0.2) is 9.78 Å². The molecule has 2 aromatic heterocycles. The summed E-state index contributed by atoms with van der Waals surface area (Å²) in [7, 11) is 1.61. The van der Waals surface area contributed by atoms with Crippen molar-refractivity contribution >= 4 is 39.2 Å². The van der Waals surface area contributed by atoms with Gasteiger partial charge in [0, 0.05) is 30.0 Å². The molecule has 1 aliphatic heterocycles. The van der Waals surface area contributed by atoms with Gasteiger partial charge in [-0.2, -0.15) is 0 Å². The summed E-state index contributed by atoms with van der Waals surface area (Å²) in [6.45, 7) is 6.60. The van der Waals surface area contributed by atoms with Crippen molar-refractivity contribution < 1.29 is 19.1 Å². The number of likely N-dealkylation sites (tertiary alicyclic amines) is 1. The van der Waals surface area contributed by atoms with Crippen LogP contribution in [0.4, 0.5) is 10.5 Å². The first-order valence-electron chi connectivity index (χ1n) is 10.7. The van der Waals surface area contributed by atoms with Gasteiger partial charge in [-0.05, 0) is 51.0 Å². The van der Waals surface area contributed by atoms with E-state index in [-0.39, 0.29) is 16.9 Å². The van der Waals surface area contributed by atoms with E-state index in [1.165, 1.54) is 11.3 Å². The molecule has 1 aromatic carbocycles. The van der Waals surface area contributed by atoms with Crippen LogP contribution >= 0.6 is 11.3 Å². The normalized spacial score (nSPS) is 16.2. The van der Waals surface area contributed by atoms with Crippen molar-refractivity contribution in [2.75, 3.05) is 25.9 Å². The first-order valence-corrected chi connectivity index (χ1v) is 11.5. The number of carbonyl (C=O) groups is 2. The van der Waals surface area contributed by atoms with Crippen LogP contribution in [0.3, 0.4) is 0 Å². The number of benzene rings is 1. The van der Waals surface area contributed by atoms with E-state index in [4.69, 9.17) is 25.9 Å². The van der Waals surface area contributed by atoms with Crippen molar-refractivity contribution in [1.29, 1.82) is 0 Å². The number of anilines is 1. The Balaban J connectivity index is 1.81. The topological polar surface area (TPSA) is 121 Å². The quantitative estimate of drug-likeness (QED) is 0.586. The number of amides is 2. The fraction of sp³-hybridized carbons (Fsp3) is 0.375. The van der Waals surface area contributed by atoms with Crippen LogP contribution in [0.1, 0.15) is 48.3 Å². The van der Waals surface area contributed by atoms with E-state index in [0.29, 0.717) is 35.1 Å². The molecule has 1 fully saturated rings. The van der Waals surface area contributed by atoms with Gasteiger partial charge in [-0.1, -0.05) is 12.1 Å². The molecule has 4 rings (SSSR count). The summed E-state index contributed by atoms with van der Waals surface area (Å²) in [6, 6.07) is 9.60. The van der Waals surface area contributed by atoms with Crippen LogP contribution < -0.4 is 16.2 Å². The summed E-state index contributed by atoms with van der Waals surface area (Å²) in [5.74, 6) is 0.118. The van der Waals surface area contributed by atoms with Crippen LogP contribution in [-0.4, -0.2) is 47.7 Å². The number of hydrogen-bond donors (Lipinski definition) is 2. The number of rotatable bonds is 4. The largest absolute Gasteiger partial charge is 0.496 e. The van der Waals surface area contributed by atoms with Crippen molar-refractivity contribution in [2.24, 2.45) is 5.73 Å². The van der Waals surface area contributed by atoms with Crippen molar-refractivity contribution in [2.45, 2.75) is 38.7 Å². The molecule has 1 atom stereocenters. The van der Waals surface area contributed by atoms with Crippen molar-refractivity contribution in [3.63, 3.8) is 0 Å². The van der Waals surface area contributed by atoms with E-state index in [2.05, 4.69) is 0 Å². The molecule has 0 bridgehead atoms. The number of aromatic nitrogens is 1. The van der Waals surface area contributed by atoms with Crippen LogP contribution in [0.5, 0.6) is 5.75 Å². The van der Waals surface area contributed by atoms with Gasteiger partial charge in [0.25, 0.3) is 5.91 Å². The number of nitrogens with two attached hydrogens (primary N) is 2. The highest BCUT2D eigenvalue weighted by molar-refractivity contribution is 7.21. The summed E-state index contributed by atoms with van der Waals surface area (Å²) in [6.07, 6.45) is 0.404. The van der Waals surface area contributed by atoms with E-state index in [9.17, 15) is 9.59 Å². The fourth-order valence-corrected chi connectivity index (χ4v) is 5.14. The van der Waals surface area contributed by atoms with Gasteiger partial charge in [0.2, 0.25) is 0 Å². The number of pyridine rings is 1. The summed E-state index contributed by atoms with van der Waals surface area (Å²) in [5.41, 5.74) is 14.2.